The number of fused-ring (bicyclic) bond motifs is 1. The number of aryl methyl sites for hydroxylation is 1. The summed E-state index contributed by atoms with van der Waals surface area (Å²) in [4.78, 5) is 4.31. The molecule has 5 heteroatoms. The SMILES string of the molecule is Cc1cc(CBr)cnc1Oc1ccc2c(c1)OCO2. The van der Waals surface area contributed by atoms with Gasteiger partial charge >= 0.3 is 0 Å². The number of halogens is 1. The number of aromatic nitrogens is 1. The first-order valence-electron chi connectivity index (χ1n) is 5.85. The minimum atomic E-state index is 0.260. The van der Waals surface area contributed by atoms with E-state index in [2.05, 4.69) is 20.9 Å². The zero-order valence-corrected chi connectivity index (χ0v) is 11.9. The normalized spacial score (nSPS) is 12.5. The lowest BCUT2D eigenvalue weighted by Gasteiger charge is -2.08. The number of nitrogens with zero attached hydrogens (tertiary/aromatic N) is 1. The second-order valence-corrected chi connectivity index (χ2v) is 4.78. The predicted molar refractivity (Wildman–Crippen MR) is 74.2 cm³/mol. The van der Waals surface area contributed by atoms with Gasteiger partial charge in [0.15, 0.2) is 11.5 Å². The predicted octanol–water partition coefficient (Wildman–Crippen LogP) is 3.81. The first kappa shape index (κ1) is 12.3. The summed E-state index contributed by atoms with van der Waals surface area (Å²) >= 11 is 3.41. The molecule has 0 atom stereocenters. The van der Waals surface area contributed by atoms with E-state index in [9.17, 15) is 0 Å². The van der Waals surface area contributed by atoms with E-state index in [0.29, 0.717) is 17.4 Å². The second-order valence-electron chi connectivity index (χ2n) is 4.22. The third kappa shape index (κ3) is 2.51. The first-order valence-corrected chi connectivity index (χ1v) is 6.97. The molecule has 0 N–H and O–H groups in total. The molecule has 1 aromatic carbocycles. The lowest BCUT2D eigenvalue weighted by molar-refractivity contribution is 0.174. The Morgan fingerprint density at radius 3 is 2.89 bits per heavy atom. The van der Waals surface area contributed by atoms with Crippen molar-refractivity contribution in [3.63, 3.8) is 0 Å². The van der Waals surface area contributed by atoms with Gasteiger partial charge in [0, 0.05) is 23.2 Å². The Balaban J connectivity index is 1.85. The molecule has 0 amide bonds. The fourth-order valence-electron chi connectivity index (χ4n) is 1.85. The fraction of sp³-hybridized carbons (Fsp3) is 0.214. The van der Waals surface area contributed by atoms with Gasteiger partial charge in [-0.15, -0.1) is 0 Å². The second kappa shape index (κ2) is 5.09. The van der Waals surface area contributed by atoms with Crippen molar-refractivity contribution in [2.24, 2.45) is 0 Å². The maximum atomic E-state index is 5.77. The van der Waals surface area contributed by atoms with Gasteiger partial charge < -0.3 is 14.2 Å². The van der Waals surface area contributed by atoms with Gasteiger partial charge in [-0.2, -0.15) is 0 Å². The number of benzene rings is 1. The lowest BCUT2D eigenvalue weighted by Crippen LogP contribution is -1.93. The summed E-state index contributed by atoms with van der Waals surface area (Å²) in [5.74, 6) is 2.73. The Kier molecular flexibility index (Phi) is 3.29. The third-order valence-corrected chi connectivity index (χ3v) is 3.45. The van der Waals surface area contributed by atoms with Crippen LogP contribution >= 0.6 is 15.9 Å². The van der Waals surface area contributed by atoms with Crippen LogP contribution < -0.4 is 14.2 Å². The average Bonchev–Trinajstić information content (AvgIpc) is 2.88. The first-order chi connectivity index (χ1) is 9.26. The van der Waals surface area contributed by atoms with Crippen molar-refractivity contribution in [3.05, 3.63) is 41.6 Å². The number of rotatable bonds is 3. The van der Waals surface area contributed by atoms with Gasteiger partial charge in [-0.1, -0.05) is 15.9 Å². The smallest absolute Gasteiger partial charge is 0.231 e. The van der Waals surface area contributed by atoms with E-state index in [4.69, 9.17) is 14.2 Å². The molecule has 3 rings (SSSR count). The highest BCUT2D eigenvalue weighted by Gasteiger charge is 2.14. The van der Waals surface area contributed by atoms with E-state index in [1.54, 1.807) is 6.20 Å². The highest BCUT2D eigenvalue weighted by Crippen LogP contribution is 2.36. The number of hydrogen-bond acceptors (Lipinski definition) is 4. The van der Waals surface area contributed by atoms with Gasteiger partial charge in [0.05, 0.1) is 0 Å². The summed E-state index contributed by atoms with van der Waals surface area (Å²) in [6.45, 7) is 2.23. The maximum absolute atomic E-state index is 5.77. The number of pyridine rings is 1. The summed E-state index contributed by atoms with van der Waals surface area (Å²) in [7, 11) is 0. The summed E-state index contributed by atoms with van der Waals surface area (Å²) in [6, 6.07) is 7.53. The van der Waals surface area contributed by atoms with Gasteiger partial charge in [-0.05, 0) is 30.7 Å². The van der Waals surface area contributed by atoms with Crippen molar-refractivity contribution in [2.45, 2.75) is 12.3 Å². The molecule has 0 saturated carbocycles. The van der Waals surface area contributed by atoms with Crippen LogP contribution in [0.3, 0.4) is 0 Å². The minimum absolute atomic E-state index is 0.260. The number of ether oxygens (including phenoxy) is 3. The summed E-state index contributed by atoms with van der Waals surface area (Å²) in [6.07, 6.45) is 1.80. The van der Waals surface area contributed by atoms with Crippen molar-refractivity contribution in [1.82, 2.24) is 4.98 Å². The molecule has 0 spiro atoms. The summed E-state index contributed by atoms with van der Waals surface area (Å²) in [5.41, 5.74) is 2.12. The molecule has 0 saturated heterocycles. The minimum Gasteiger partial charge on any atom is -0.454 e. The van der Waals surface area contributed by atoms with Crippen molar-refractivity contribution >= 4 is 15.9 Å². The van der Waals surface area contributed by atoms with Crippen molar-refractivity contribution in [2.75, 3.05) is 6.79 Å². The number of hydrogen-bond donors (Lipinski definition) is 0. The molecule has 0 aliphatic carbocycles. The molecular weight excluding hydrogens is 310 g/mol. The maximum Gasteiger partial charge on any atom is 0.231 e. The van der Waals surface area contributed by atoms with Crippen molar-refractivity contribution in [3.8, 4) is 23.1 Å². The van der Waals surface area contributed by atoms with Crippen LogP contribution in [0.2, 0.25) is 0 Å². The Morgan fingerprint density at radius 1 is 1.26 bits per heavy atom. The highest BCUT2D eigenvalue weighted by molar-refractivity contribution is 9.08. The number of alkyl halides is 1. The Morgan fingerprint density at radius 2 is 2.11 bits per heavy atom. The topological polar surface area (TPSA) is 40.6 Å². The molecule has 1 aliphatic heterocycles. The molecule has 4 nitrogen and oxygen atoms in total. The molecule has 0 bridgehead atoms. The molecular formula is C14H12BrNO3. The molecule has 0 radical (unpaired) electrons. The largest absolute Gasteiger partial charge is 0.454 e. The molecule has 0 fully saturated rings. The fourth-order valence-corrected chi connectivity index (χ4v) is 2.16. The average molecular weight is 322 g/mol. The summed E-state index contributed by atoms with van der Waals surface area (Å²) in [5, 5.41) is 0.783. The van der Waals surface area contributed by atoms with E-state index < -0.39 is 0 Å². The molecule has 2 heterocycles. The van der Waals surface area contributed by atoms with Crippen LogP contribution in [-0.2, 0) is 5.33 Å². The van der Waals surface area contributed by atoms with E-state index in [1.807, 2.05) is 31.2 Å². The van der Waals surface area contributed by atoms with E-state index in [1.165, 1.54) is 0 Å². The molecule has 19 heavy (non-hydrogen) atoms. The summed E-state index contributed by atoms with van der Waals surface area (Å²) < 4.78 is 16.3. The van der Waals surface area contributed by atoms with E-state index in [-0.39, 0.29) is 6.79 Å². The third-order valence-electron chi connectivity index (χ3n) is 2.80. The van der Waals surface area contributed by atoms with Crippen LogP contribution in [0.1, 0.15) is 11.1 Å². The zero-order valence-electron chi connectivity index (χ0n) is 10.4. The standard InChI is InChI=1S/C14H12BrNO3/c1-9-4-10(6-15)7-16-14(9)19-11-2-3-12-13(5-11)18-8-17-12/h2-5,7H,6,8H2,1H3. The Bertz CT molecular complexity index is 616. The van der Waals surface area contributed by atoms with Gasteiger partial charge in [0.1, 0.15) is 5.75 Å². The van der Waals surface area contributed by atoms with Crippen LogP contribution in [0.25, 0.3) is 0 Å². The monoisotopic (exact) mass is 321 g/mol. The van der Waals surface area contributed by atoms with Crippen LogP contribution in [0, 0.1) is 6.92 Å². The van der Waals surface area contributed by atoms with E-state index in [0.717, 1.165) is 22.2 Å². The van der Waals surface area contributed by atoms with Crippen LogP contribution in [-0.4, -0.2) is 11.8 Å². The van der Waals surface area contributed by atoms with E-state index >= 15 is 0 Å². The molecule has 98 valence electrons. The van der Waals surface area contributed by atoms with Crippen molar-refractivity contribution in [1.29, 1.82) is 0 Å². The Labute approximate surface area is 119 Å². The molecule has 2 aromatic rings. The van der Waals surface area contributed by atoms with Crippen LogP contribution in [0.4, 0.5) is 0 Å². The molecule has 1 aliphatic rings. The van der Waals surface area contributed by atoms with Gasteiger partial charge in [-0.25, -0.2) is 4.98 Å². The van der Waals surface area contributed by atoms with Gasteiger partial charge in [0.2, 0.25) is 12.7 Å². The van der Waals surface area contributed by atoms with Gasteiger partial charge in [-0.3, -0.25) is 0 Å². The quantitative estimate of drug-likeness (QED) is 0.806. The van der Waals surface area contributed by atoms with Crippen LogP contribution in [0.5, 0.6) is 23.1 Å². The van der Waals surface area contributed by atoms with Gasteiger partial charge in [0.25, 0.3) is 0 Å². The molecule has 1 aromatic heterocycles. The zero-order chi connectivity index (χ0) is 13.2. The lowest BCUT2D eigenvalue weighted by atomic mass is 10.2. The Hall–Kier alpha value is -1.75. The van der Waals surface area contributed by atoms with Crippen LogP contribution in [0.15, 0.2) is 30.5 Å². The molecule has 0 unspecified atom stereocenters. The highest BCUT2D eigenvalue weighted by atomic mass is 79.9. The van der Waals surface area contributed by atoms with Crippen molar-refractivity contribution < 1.29 is 14.2 Å².